The highest BCUT2D eigenvalue weighted by atomic mass is 35.5. The van der Waals surface area contributed by atoms with E-state index in [0.29, 0.717) is 27.7 Å². The molecule has 2 rings (SSSR count). The molecule has 0 bridgehead atoms. The molecule has 0 fully saturated rings. The van der Waals surface area contributed by atoms with E-state index in [4.69, 9.17) is 27.1 Å². The summed E-state index contributed by atoms with van der Waals surface area (Å²) in [5.41, 5.74) is 5.16. The largest absolute Gasteiger partial charge is 0.469 e. The van der Waals surface area contributed by atoms with Gasteiger partial charge in [0.25, 0.3) is 0 Å². The van der Waals surface area contributed by atoms with Crippen molar-refractivity contribution in [3.63, 3.8) is 0 Å². The molecule has 0 saturated heterocycles. The number of benzene rings is 2. The van der Waals surface area contributed by atoms with E-state index in [0.717, 1.165) is 29.5 Å². The molecular formula is C19H22ClF3NO4PS. The zero-order valence-electron chi connectivity index (χ0n) is 16.2. The third-order valence-corrected chi connectivity index (χ3v) is 6.50. The van der Waals surface area contributed by atoms with Crippen LogP contribution < -0.4 is 5.73 Å². The maximum atomic E-state index is 12.9. The number of nitrogens with two attached hydrogens (primary N) is 1. The summed E-state index contributed by atoms with van der Waals surface area (Å²) in [6.07, 6.45) is -4.54. The van der Waals surface area contributed by atoms with Gasteiger partial charge in [0.15, 0.2) is 0 Å². The average Bonchev–Trinajstić information content (AvgIpc) is 2.59. The molecule has 0 spiro atoms. The van der Waals surface area contributed by atoms with Crippen LogP contribution in [0.15, 0.2) is 52.3 Å². The highest BCUT2D eigenvalue weighted by molar-refractivity contribution is 7.99. The number of hydrogen-bond acceptors (Lipinski definition) is 4. The molecule has 0 heterocycles. The normalized spacial score (nSPS) is 15.6. The van der Waals surface area contributed by atoms with Gasteiger partial charge in [0.1, 0.15) is 0 Å². The topological polar surface area (TPSA) is 92.8 Å². The minimum Gasteiger partial charge on any atom is -0.323 e. The first-order valence-corrected chi connectivity index (χ1v) is 11.6. The second kappa shape index (κ2) is 9.61. The lowest BCUT2D eigenvalue weighted by Crippen LogP contribution is -2.47. The number of rotatable bonds is 8. The molecule has 0 amide bonds. The number of alkyl halides is 3. The van der Waals surface area contributed by atoms with Crippen molar-refractivity contribution in [2.24, 2.45) is 5.73 Å². The van der Waals surface area contributed by atoms with Gasteiger partial charge in [0.2, 0.25) is 0 Å². The lowest BCUT2D eigenvalue weighted by molar-refractivity contribution is -0.137. The summed E-state index contributed by atoms with van der Waals surface area (Å²) in [5.74, 6) is 0. The molecule has 0 radical (unpaired) electrons. The Morgan fingerprint density at radius 1 is 1.20 bits per heavy atom. The van der Waals surface area contributed by atoms with Gasteiger partial charge in [-0.25, -0.2) is 4.57 Å². The third kappa shape index (κ3) is 7.57. The first-order valence-electron chi connectivity index (χ1n) is 8.84. The monoisotopic (exact) mass is 483 g/mol. The Morgan fingerprint density at radius 3 is 2.40 bits per heavy atom. The molecule has 2 aromatic carbocycles. The smallest absolute Gasteiger partial charge is 0.323 e. The number of aryl methyl sites for hydroxylation is 1. The van der Waals surface area contributed by atoms with Gasteiger partial charge >= 0.3 is 14.0 Å². The SMILES string of the molecule is C[C@H](OP(=O)(O)O)[C@@](C)(N)CCc1ccc(Sc2cccc(C(F)(F)F)c2)cc1Cl. The number of hydrogen-bond donors (Lipinski definition) is 3. The quantitative estimate of drug-likeness (QED) is 0.420. The minimum atomic E-state index is -4.66. The first-order chi connectivity index (χ1) is 13.7. The number of halogens is 4. The maximum absolute atomic E-state index is 12.9. The molecule has 4 N–H and O–H groups in total. The Bertz CT molecular complexity index is 936. The Hall–Kier alpha value is -1.06. The van der Waals surface area contributed by atoms with Gasteiger partial charge in [-0.1, -0.05) is 35.5 Å². The zero-order chi connectivity index (χ0) is 22.7. The average molecular weight is 484 g/mol. The van der Waals surface area contributed by atoms with Gasteiger partial charge in [-0.05, 0) is 62.6 Å². The minimum absolute atomic E-state index is 0.341. The van der Waals surface area contributed by atoms with E-state index in [1.165, 1.54) is 13.0 Å². The maximum Gasteiger partial charge on any atom is 0.469 e. The molecule has 5 nitrogen and oxygen atoms in total. The van der Waals surface area contributed by atoms with E-state index < -0.39 is 31.2 Å². The van der Waals surface area contributed by atoms with Gasteiger partial charge in [0, 0.05) is 20.4 Å². The van der Waals surface area contributed by atoms with E-state index in [1.807, 2.05) is 0 Å². The Morgan fingerprint density at radius 2 is 1.83 bits per heavy atom. The van der Waals surface area contributed by atoms with Crippen molar-refractivity contribution in [1.82, 2.24) is 0 Å². The van der Waals surface area contributed by atoms with Gasteiger partial charge in [-0.2, -0.15) is 13.2 Å². The first kappa shape index (κ1) is 25.2. The lowest BCUT2D eigenvalue weighted by Gasteiger charge is -2.31. The molecule has 0 aliphatic rings. The van der Waals surface area contributed by atoms with Crippen molar-refractivity contribution >= 4 is 31.2 Å². The van der Waals surface area contributed by atoms with Crippen LogP contribution in [0.25, 0.3) is 0 Å². The molecule has 30 heavy (non-hydrogen) atoms. The van der Waals surface area contributed by atoms with Crippen molar-refractivity contribution in [3.8, 4) is 0 Å². The second-order valence-corrected chi connectivity index (χ2v) is 9.87. The van der Waals surface area contributed by atoms with E-state index in [-0.39, 0.29) is 0 Å². The number of phosphoric ester groups is 1. The molecule has 2 atom stereocenters. The second-order valence-electron chi connectivity index (χ2n) is 7.12. The van der Waals surface area contributed by atoms with E-state index in [2.05, 4.69) is 4.52 Å². The van der Waals surface area contributed by atoms with Crippen molar-refractivity contribution in [2.45, 2.75) is 54.3 Å². The summed E-state index contributed by atoms with van der Waals surface area (Å²) in [7, 11) is -4.66. The van der Waals surface area contributed by atoms with Crippen LogP contribution in [0.3, 0.4) is 0 Å². The van der Waals surface area contributed by atoms with Crippen LogP contribution >= 0.6 is 31.2 Å². The fraction of sp³-hybridized carbons (Fsp3) is 0.368. The lowest BCUT2D eigenvalue weighted by atomic mass is 9.90. The zero-order valence-corrected chi connectivity index (χ0v) is 18.7. The van der Waals surface area contributed by atoms with Crippen molar-refractivity contribution in [1.29, 1.82) is 0 Å². The Balaban J connectivity index is 2.06. The van der Waals surface area contributed by atoms with Crippen LogP contribution in [0, 0.1) is 0 Å². The molecule has 0 aromatic heterocycles. The molecule has 11 heteroatoms. The van der Waals surface area contributed by atoms with Crippen molar-refractivity contribution < 1.29 is 32.0 Å². The van der Waals surface area contributed by atoms with E-state index >= 15 is 0 Å². The molecule has 0 saturated carbocycles. The standard InChI is InChI=1S/C19H22ClF3NO4PS/c1-12(28-29(25,26)27)18(2,24)9-8-13-6-7-16(11-17(13)20)30-15-5-3-4-14(10-15)19(21,22)23/h3-7,10-12H,8-9,24H2,1-2H3,(H2,25,26,27)/t12-,18-/m0/s1. The summed E-state index contributed by atoms with van der Waals surface area (Å²) < 4.78 is 54.3. The van der Waals surface area contributed by atoms with Crippen LogP contribution in [-0.2, 0) is 21.7 Å². The number of phosphoric acid groups is 1. The third-order valence-electron chi connectivity index (χ3n) is 4.58. The van der Waals surface area contributed by atoms with Gasteiger partial charge in [-0.15, -0.1) is 0 Å². The van der Waals surface area contributed by atoms with Gasteiger partial charge in [0.05, 0.1) is 11.7 Å². The summed E-state index contributed by atoms with van der Waals surface area (Å²) >= 11 is 7.48. The summed E-state index contributed by atoms with van der Waals surface area (Å²) in [6, 6.07) is 10.2. The van der Waals surface area contributed by atoms with E-state index in [9.17, 15) is 17.7 Å². The highest BCUT2D eigenvalue weighted by Crippen LogP contribution is 2.40. The van der Waals surface area contributed by atoms with Crippen LogP contribution in [0.2, 0.25) is 5.02 Å². The molecule has 0 unspecified atom stereocenters. The summed E-state index contributed by atoms with van der Waals surface area (Å²) in [5, 5.41) is 0.423. The van der Waals surface area contributed by atoms with Crippen LogP contribution in [0.5, 0.6) is 0 Å². The van der Waals surface area contributed by atoms with Gasteiger partial charge in [-0.3, -0.25) is 4.52 Å². The predicted molar refractivity (Wildman–Crippen MR) is 111 cm³/mol. The van der Waals surface area contributed by atoms with Crippen LogP contribution in [-0.4, -0.2) is 21.4 Å². The summed E-state index contributed by atoms with van der Waals surface area (Å²) in [4.78, 5) is 19.0. The highest BCUT2D eigenvalue weighted by Gasteiger charge is 2.33. The molecular weight excluding hydrogens is 462 g/mol. The fourth-order valence-corrected chi connectivity index (χ4v) is 4.51. The molecule has 166 valence electrons. The predicted octanol–water partition coefficient (Wildman–Crippen LogP) is 5.66. The molecule has 0 aliphatic heterocycles. The Labute approximate surface area is 182 Å². The van der Waals surface area contributed by atoms with Crippen molar-refractivity contribution in [3.05, 3.63) is 58.6 Å². The van der Waals surface area contributed by atoms with Gasteiger partial charge < -0.3 is 15.5 Å². The Kier molecular flexibility index (Phi) is 8.07. The van der Waals surface area contributed by atoms with E-state index in [1.54, 1.807) is 31.2 Å². The van der Waals surface area contributed by atoms with Crippen molar-refractivity contribution in [2.75, 3.05) is 0 Å². The van der Waals surface area contributed by atoms with Crippen LogP contribution in [0.4, 0.5) is 13.2 Å². The van der Waals surface area contributed by atoms with Crippen LogP contribution in [0.1, 0.15) is 31.4 Å². The molecule has 0 aliphatic carbocycles. The molecule has 2 aromatic rings. The fourth-order valence-electron chi connectivity index (χ4n) is 2.60. The summed E-state index contributed by atoms with van der Waals surface area (Å²) in [6.45, 7) is 3.11.